The SMILES string of the molecule is Cc1c(N2C(=O)C(Cl)=C(Nc3ccccc3)C2=O)c(=O)n(-c2ccccc2)n1C. The molecule has 0 saturated heterocycles. The van der Waals surface area contributed by atoms with Crippen LogP contribution < -0.4 is 15.8 Å². The lowest BCUT2D eigenvalue weighted by Gasteiger charge is -2.13. The molecule has 1 aliphatic heterocycles. The largest absolute Gasteiger partial charge is 0.350 e. The summed E-state index contributed by atoms with van der Waals surface area (Å²) < 4.78 is 3.01. The van der Waals surface area contributed by atoms with Gasteiger partial charge < -0.3 is 5.32 Å². The fourth-order valence-electron chi connectivity index (χ4n) is 3.29. The van der Waals surface area contributed by atoms with Gasteiger partial charge in [-0.15, -0.1) is 0 Å². The van der Waals surface area contributed by atoms with Gasteiger partial charge in [-0.1, -0.05) is 48.0 Å². The second kappa shape index (κ2) is 7.10. The van der Waals surface area contributed by atoms with Crippen molar-refractivity contribution in [2.24, 2.45) is 7.05 Å². The number of rotatable bonds is 4. The molecular weight excluding hydrogens is 392 g/mol. The predicted molar refractivity (Wildman–Crippen MR) is 111 cm³/mol. The Morgan fingerprint density at radius 1 is 0.862 bits per heavy atom. The quantitative estimate of drug-likeness (QED) is 0.673. The highest BCUT2D eigenvalue weighted by atomic mass is 35.5. The zero-order valence-corrected chi connectivity index (χ0v) is 16.5. The second-order valence-electron chi connectivity index (χ2n) is 6.54. The molecule has 1 N–H and O–H groups in total. The zero-order valence-electron chi connectivity index (χ0n) is 15.7. The van der Waals surface area contributed by atoms with Gasteiger partial charge in [-0.05, 0) is 31.2 Å². The van der Waals surface area contributed by atoms with Crippen molar-refractivity contribution in [1.29, 1.82) is 0 Å². The number of aromatic nitrogens is 2. The molecule has 0 atom stereocenters. The molecule has 146 valence electrons. The third-order valence-electron chi connectivity index (χ3n) is 4.82. The normalized spacial score (nSPS) is 14.1. The zero-order chi connectivity index (χ0) is 20.7. The molecule has 0 fully saturated rings. The molecule has 0 aliphatic carbocycles. The Balaban J connectivity index is 1.78. The van der Waals surface area contributed by atoms with E-state index in [0.29, 0.717) is 17.1 Å². The number of benzene rings is 2. The molecule has 1 aliphatic rings. The molecule has 1 aromatic heterocycles. The molecule has 0 radical (unpaired) electrons. The molecule has 7 nitrogen and oxygen atoms in total. The van der Waals surface area contributed by atoms with Gasteiger partial charge in [-0.2, -0.15) is 0 Å². The van der Waals surface area contributed by atoms with Crippen LogP contribution in [0.5, 0.6) is 0 Å². The third-order valence-corrected chi connectivity index (χ3v) is 5.17. The van der Waals surface area contributed by atoms with E-state index in [1.54, 1.807) is 67.2 Å². The Hall–Kier alpha value is -3.58. The average Bonchev–Trinajstić information content (AvgIpc) is 3.07. The number of para-hydroxylation sites is 2. The van der Waals surface area contributed by atoms with E-state index >= 15 is 0 Å². The van der Waals surface area contributed by atoms with Gasteiger partial charge in [-0.25, -0.2) is 9.58 Å². The highest BCUT2D eigenvalue weighted by Crippen LogP contribution is 2.30. The van der Waals surface area contributed by atoms with Gasteiger partial charge in [0.15, 0.2) is 0 Å². The van der Waals surface area contributed by atoms with Crippen molar-refractivity contribution in [3.05, 3.63) is 87.4 Å². The molecule has 3 aromatic rings. The van der Waals surface area contributed by atoms with Crippen LogP contribution in [0.4, 0.5) is 11.4 Å². The standard InChI is InChI=1S/C21H17ClN4O3/c1-13-18(21(29)26(24(13)2)15-11-7-4-8-12-15)25-19(27)16(22)17(20(25)28)23-14-9-5-3-6-10-14/h3-12,23H,1-2H3. The van der Waals surface area contributed by atoms with Crippen molar-refractivity contribution >= 4 is 34.8 Å². The summed E-state index contributed by atoms with van der Waals surface area (Å²) in [6.07, 6.45) is 0. The molecular formula is C21H17ClN4O3. The molecule has 2 amide bonds. The first-order chi connectivity index (χ1) is 13.9. The summed E-state index contributed by atoms with van der Waals surface area (Å²) in [5, 5.41) is 2.63. The van der Waals surface area contributed by atoms with Crippen molar-refractivity contribution in [2.75, 3.05) is 10.2 Å². The monoisotopic (exact) mass is 408 g/mol. The van der Waals surface area contributed by atoms with E-state index in [4.69, 9.17) is 11.6 Å². The van der Waals surface area contributed by atoms with Gasteiger partial charge in [-0.3, -0.25) is 19.1 Å². The van der Waals surface area contributed by atoms with E-state index in [9.17, 15) is 14.4 Å². The van der Waals surface area contributed by atoms with Crippen molar-refractivity contribution in [3.8, 4) is 5.69 Å². The number of amides is 2. The number of halogens is 1. The summed E-state index contributed by atoms with van der Waals surface area (Å²) in [7, 11) is 1.69. The maximum atomic E-state index is 13.2. The van der Waals surface area contributed by atoms with E-state index < -0.39 is 17.4 Å². The first kappa shape index (κ1) is 18.8. The highest BCUT2D eigenvalue weighted by molar-refractivity contribution is 6.53. The number of anilines is 2. The fraction of sp³-hybridized carbons (Fsp3) is 0.0952. The maximum absolute atomic E-state index is 13.2. The summed E-state index contributed by atoms with van der Waals surface area (Å²) in [6, 6.07) is 17.9. The molecule has 2 heterocycles. The molecule has 0 saturated carbocycles. The lowest BCUT2D eigenvalue weighted by molar-refractivity contribution is -0.120. The van der Waals surface area contributed by atoms with Gasteiger partial charge in [0.25, 0.3) is 17.4 Å². The van der Waals surface area contributed by atoms with Crippen LogP contribution in [-0.4, -0.2) is 21.2 Å². The van der Waals surface area contributed by atoms with Crippen LogP contribution in [0.15, 0.2) is 76.2 Å². The lowest BCUT2D eigenvalue weighted by atomic mass is 10.3. The van der Waals surface area contributed by atoms with Gasteiger partial charge >= 0.3 is 0 Å². The summed E-state index contributed by atoms with van der Waals surface area (Å²) in [4.78, 5) is 39.8. The minimum Gasteiger partial charge on any atom is -0.350 e. The molecule has 8 heteroatoms. The Labute approximate surface area is 171 Å². The van der Waals surface area contributed by atoms with Gasteiger partial charge in [0.1, 0.15) is 16.4 Å². The summed E-state index contributed by atoms with van der Waals surface area (Å²) >= 11 is 6.18. The Morgan fingerprint density at radius 3 is 2.07 bits per heavy atom. The lowest BCUT2D eigenvalue weighted by Crippen LogP contribution is -2.36. The van der Waals surface area contributed by atoms with Crippen molar-refractivity contribution in [2.45, 2.75) is 6.92 Å². The van der Waals surface area contributed by atoms with Crippen LogP contribution in [0.1, 0.15) is 5.69 Å². The number of hydrogen-bond acceptors (Lipinski definition) is 4. The van der Waals surface area contributed by atoms with Gasteiger partial charge in [0.05, 0.1) is 11.4 Å². The minimum absolute atomic E-state index is 0.0191. The number of hydrogen-bond donors (Lipinski definition) is 1. The van der Waals surface area contributed by atoms with Crippen LogP contribution in [0, 0.1) is 6.92 Å². The van der Waals surface area contributed by atoms with Crippen LogP contribution >= 0.6 is 11.6 Å². The number of carbonyl (C=O) groups is 2. The summed E-state index contributed by atoms with van der Waals surface area (Å²) in [5.74, 6) is -1.41. The number of imide groups is 1. The van der Waals surface area contributed by atoms with E-state index in [1.165, 1.54) is 4.68 Å². The van der Waals surface area contributed by atoms with E-state index in [1.807, 2.05) is 12.1 Å². The number of nitrogens with one attached hydrogen (secondary N) is 1. The summed E-state index contributed by atoms with van der Waals surface area (Å²) in [5.41, 5.74) is 1.13. The number of carbonyl (C=O) groups excluding carboxylic acids is 2. The molecule has 2 aromatic carbocycles. The first-order valence-electron chi connectivity index (χ1n) is 8.86. The Kier molecular flexibility index (Phi) is 4.60. The van der Waals surface area contributed by atoms with Crippen molar-refractivity contribution < 1.29 is 9.59 Å². The molecule has 4 rings (SSSR count). The van der Waals surface area contributed by atoms with Crippen LogP contribution in [0.2, 0.25) is 0 Å². The van der Waals surface area contributed by atoms with E-state index in [0.717, 1.165) is 4.90 Å². The molecule has 29 heavy (non-hydrogen) atoms. The van der Waals surface area contributed by atoms with Crippen molar-refractivity contribution in [3.63, 3.8) is 0 Å². The van der Waals surface area contributed by atoms with Crippen LogP contribution in [0.25, 0.3) is 5.69 Å². The topological polar surface area (TPSA) is 76.3 Å². The molecule has 0 unspecified atom stereocenters. The van der Waals surface area contributed by atoms with Crippen molar-refractivity contribution in [1.82, 2.24) is 9.36 Å². The number of nitrogens with zero attached hydrogens (tertiary/aromatic N) is 3. The van der Waals surface area contributed by atoms with E-state index in [-0.39, 0.29) is 16.4 Å². The van der Waals surface area contributed by atoms with Gasteiger partial charge in [0, 0.05) is 12.7 Å². The predicted octanol–water partition coefficient (Wildman–Crippen LogP) is 2.92. The highest BCUT2D eigenvalue weighted by Gasteiger charge is 2.42. The Morgan fingerprint density at radius 2 is 1.45 bits per heavy atom. The molecule has 0 spiro atoms. The fourth-order valence-corrected chi connectivity index (χ4v) is 3.50. The third kappa shape index (κ3) is 2.96. The Bertz CT molecular complexity index is 1210. The molecule has 0 bridgehead atoms. The van der Waals surface area contributed by atoms with Gasteiger partial charge in [0.2, 0.25) is 0 Å². The second-order valence-corrected chi connectivity index (χ2v) is 6.91. The minimum atomic E-state index is -0.735. The smallest absolute Gasteiger partial charge is 0.296 e. The van der Waals surface area contributed by atoms with Crippen LogP contribution in [-0.2, 0) is 16.6 Å². The summed E-state index contributed by atoms with van der Waals surface area (Å²) in [6.45, 7) is 1.67. The van der Waals surface area contributed by atoms with Crippen LogP contribution in [0.3, 0.4) is 0 Å². The first-order valence-corrected chi connectivity index (χ1v) is 9.24. The average molecular weight is 409 g/mol. The maximum Gasteiger partial charge on any atom is 0.296 e. The van der Waals surface area contributed by atoms with E-state index in [2.05, 4.69) is 5.32 Å².